The van der Waals surface area contributed by atoms with Crippen LogP contribution in [0.25, 0.3) is 0 Å². The molecule has 0 bridgehead atoms. The summed E-state index contributed by atoms with van der Waals surface area (Å²) in [5.41, 5.74) is 1.34. The number of carbonyl (C=O) groups is 1. The quantitative estimate of drug-likeness (QED) is 0.834. The Morgan fingerprint density at radius 1 is 1.39 bits per heavy atom. The molecule has 1 fully saturated rings. The molecule has 1 aliphatic heterocycles. The smallest absolute Gasteiger partial charge is 0.255 e. The van der Waals surface area contributed by atoms with Gasteiger partial charge in [-0.05, 0) is 52.0 Å². The van der Waals surface area contributed by atoms with Crippen LogP contribution in [0, 0.1) is 6.92 Å². The summed E-state index contributed by atoms with van der Waals surface area (Å²) in [6.07, 6.45) is 1.93. The van der Waals surface area contributed by atoms with Gasteiger partial charge in [0.15, 0.2) is 0 Å². The third-order valence-electron chi connectivity index (χ3n) is 3.45. The van der Waals surface area contributed by atoms with Gasteiger partial charge in [-0.1, -0.05) is 11.6 Å². The monoisotopic (exact) mass is 248 g/mol. The van der Waals surface area contributed by atoms with Crippen molar-refractivity contribution in [1.29, 1.82) is 0 Å². The second kappa shape index (κ2) is 5.40. The Hall–Kier alpha value is -1.55. The minimum absolute atomic E-state index is 0.0472. The zero-order valence-corrected chi connectivity index (χ0v) is 10.9. The van der Waals surface area contributed by atoms with Crippen LogP contribution in [0.2, 0.25) is 0 Å². The van der Waals surface area contributed by atoms with E-state index < -0.39 is 0 Å². The topological polar surface area (TPSA) is 52.6 Å². The fourth-order valence-electron chi connectivity index (χ4n) is 2.25. The predicted octanol–water partition coefficient (Wildman–Crippen LogP) is 1.52. The van der Waals surface area contributed by atoms with Crippen LogP contribution in [0.1, 0.15) is 28.8 Å². The number of aryl methyl sites for hydroxylation is 1. The highest BCUT2D eigenvalue weighted by Crippen LogP contribution is 2.19. The number of piperidine rings is 1. The van der Waals surface area contributed by atoms with E-state index in [9.17, 15) is 9.90 Å². The molecular formula is C14H20N2O2. The maximum absolute atomic E-state index is 12.1. The number of nitrogens with one attached hydrogen (secondary N) is 1. The van der Waals surface area contributed by atoms with Crippen molar-refractivity contribution >= 4 is 5.91 Å². The van der Waals surface area contributed by atoms with Gasteiger partial charge < -0.3 is 15.3 Å². The molecule has 1 heterocycles. The molecule has 2 N–H and O–H groups in total. The van der Waals surface area contributed by atoms with Crippen LogP contribution in [0.5, 0.6) is 5.75 Å². The molecule has 0 atom stereocenters. The maximum atomic E-state index is 12.1. The Labute approximate surface area is 108 Å². The molecule has 98 valence electrons. The molecule has 0 aliphatic carbocycles. The van der Waals surface area contributed by atoms with E-state index in [4.69, 9.17) is 0 Å². The lowest BCUT2D eigenvalue weighted by atomic mass is 10.0. The largest absolute Gasteiger partial charge is 0.507 e. The van der Waals surface area contributed by atoms with Crippen LogP contribution in [0.4, 0.5) is 0 Å². The van der Waals surface area contributed by atoms with E-state index in [1.54, 1.807) is 18.2 Å². The van der Waals surface area contributed by atoms with Crippen LogP contribution in [-0.2, 0) is 0 Å². The van der Waals surface area contributed by atoms with E-state index >= 15 is 0 Å². The molecule has 0 unspecified atom stereocenters. The number of nitrogens with zero attached hydrogens (tertiary/aromatic N) is 1. The Kier molecular flexibility index (Phi) is 3.87. The molecule has 4 nitrogen and oxygen atoms in total. The number of amides is 1. The fourth-order valence-corrected chi connectivity index (χ4v) is 2.25. The van der Waals surface area contributed by atoms with Gasteiger partial charge in [-0.15, -0.1) is 0 Å². The number of carbonyl (C=O) groups excluding carboxylic acids is 1. The van der Waals surface area contributed by atoms with Gasteiger partial charge in [0, 0.05) is 6.04 Å². The number of hydrogen-bond acceptors (Lipinski definition) is 3. The lowest BCUT2D eigenvalue weighted by Gasteiger charge is -2.29. The fraction of sp³-hybridized carbons (Fsp3) is 0.500. The van der Waals surface area contributed by atoms with Crippen LogP contribution in [0.3, 0.4) is 0 Å². The first-order valence-electron chi connectivity index (χ1n) is 6.35. The van der Waals surface area contributed by atoms with Crippen molar-refractivity contribution in [1.82, 2.24) is 10.2 Å². The summed E-state index contributed by atoms with van der Waals surface area (Å²) >= 11 is 0. The Bertz CT molecular complexity index is 437. The maximum Gasteiger partial charge on any atom is 0.255 e. The van der Waals surface area contributed by atoms with Crippen LogP contribution < -0.4 is 5.32 Å². The van der Waals surface area contributed by atoms with E-state index in [1.165, 1.54) is 0 Å². The van der Waals surface area contributed by atoms with Gasteiger partial charge in [0.25, 0.3) is 5.91 Å². The first-order valence-corrected chi connectivity index (χ1v) is 6.35. The summed E-state index contributed by atoms with van der Waals surface area (Å²) in [6, 6.07) is 5.30. The molecule has 2 rings (SSSR count). The van der Waals surface area contributed by atoms with Gasteiger partial charge in [0.05, 0.1) is 5.56 Å². The molecule has 18 heavy (non-hydrogen) atoms. The van der Waals surface area contributed by atoms with Gasteiger partial charge >= 0.3 is 0 Å². The average molecular weight is 248 g/mol. The molecule has 4 heteroatoms. The number of likely N-dealkylation sites (tertiary alicyclic amines) is 1. The minimum Gasteiger partial charge on any atom is -0.507 e. The summed E-state index contributed by atoms with van der Waals surface area (Å²) in [4.78, 5) is 14.3. The lowest BCUT2D eigenvalue weighted by Crippen LogP contribution is -2.43. The van der Waals surface area contributed by atoms with Crippen molar-refractivity contribution < 1.29 is 9.90 Å². The number of aromatic hydroxyl groups is 1. The Morgan fingerprint density at radius 3 is 2.72 bits per heavy atom. The Balaban J connectivity index is 2.01. The number of hydrogen-bond donors (Lipinski definition) is 2. The van der Waals surface area contributed by atoms with E-state index in [-0.39, 0.29) is 17.7 Å². The van der Waals surface area contributed by atoms with E-state index in [0.29, 0.717) is 5.56 Å². The van der Waals surface area contributed by atoms with Gasteiger partial charge in [-0.3, -0.25) is 4.79 Å². The van der Waals surface area contributed by atoms with Crippen LogP contribution in [-0.4, -0.2) is 42.1 Å². The summed E-state index contributed by atoms with van der Waals surface area (Å²) in [5.74, 6) is -0.128. The second-order valence-corrected chi connectivity index (χ2v) is 5.07. The molecule has 1 aromatic rings. The molecular weight excluding hydrogens is 228 g/mol. The van der Waals surface area contributed by atoms with Gasteiger partial charge in [-0.25, -0.2) is 0 Å². The molecule has 1 aromatic carbocycles. The van der Waals surface area contributed by atoms with Crippen molar-refractivity contribution in [3.63, 3.8) is 0 Å². The SMILES string of the molecule is Cc1ccc(O)c(C(=O)NC2CCN(C)CC2)c1. The highest BCUT2D eigenvalue weighted by atomic mass is 16.3. The number of benzene rings is 1. The molecule has 0 spiro atoms. The molecule has 0 radical (unpaired) electrons. The first kappa shape index (κ1) is 12.9. The average Bonchev–Trinajstić information content (AvgIpc) is 2.35. The van der Waals surface area contributed by atoms with Crippen LogP contribution in [0.15, 0.2) is 18.2 Å². The minimum atomic E-state index is -0.175. The van der Waals surface area contributed by atoms with Gasteiger partial charge in [0.2, 0.25) is 0 Å². The first-order chi connectivity index (χ1) is 8.56. The third-order valence-corrected chi connectivity index (χ3v) is 3.45. The van der Waals surface area contributed by atoms with E-state index in [0.717, 1.165) is 31.5 Å². The lowest BCUT2D eigenvalue weighted by molar-refractivity contribution is 0.0914. The molecule has 1 aliphatic rings. The summed E-state index contributed by atoms with van der Waals surface area (Å²) < 4.78 is 0. The molecule has 1 amide bonds. The van der Waals surface area contributed by atoms with E-state index in [2.05, 4.69) is 17.3 Å². The van der Waals surface area contributed by atoms with Crippen LogP contribution >= 0.6 is 0 Å². The zero-order valence-electron chi connectivity index (χ0n) is 10.9. The number of phenolic OH excluding ortho intramolecular Hbond substituents is 1. The molecule has 0 aromatic heterocycles. The van der Waals surface area contributed by atoms with E-state index in [1.807, 2.05) is 6.92 Å². The zero-order chi connectivity index (χ0) is 13.1. The summed E-state index contributed by atoms with van der Waals surface area (Å²) in [5, 5.41) is 12.7. The summed E-state index contributed by atoms with van der Waals surface area (Å²) in [6.45, 7) is 3.92. The molecule has 0 saturated carbocycles. The van der Waals surface area contributed by atoms with Crippen molar-refractivity contribution in [3.05, 3.63) is 29.3 Å². The van der Waals surface area contributed by atoms with Crippen molar-refractivity contribution in [3.8, 4) is 5.75 Å². The number of rotatable bonds is 2. The van der Waals surface area contributed by atoms with Gasteiger partial charge in [0.1, 0.15) is 5.75 Å². The predicted molar refractivity (Wildman–Crippen MR) is 70.8 cm³/mol. The van der Waals surface area contributed by atoms with Gasteiger partial charge in [-0.2, -0.15) is 0 Å². The highest BCUT2D eigenvalue weighted by molar-refractivity contribution is 5.97. The third kappa shape index (κ3) is 3.01. The second-order valence-electron chi connectivity index (χ2n) is 5.07. The standard InChI is InChI=1S/C14H20N2O2/c1-10-3-4-13(17)12(9-10)14(18)15-11-5-7-16(2)8-6-11/h3-4,9,11,17H,5-8H2,1-2H3,(H,15,18). The highest BCUT2D eigenvalue weighted by Gasteiger charge is 2.20. The number of phenols is 1. The van der Waals surface area contributed by atoms with Crippen molar-refractivity contribution in [2.24, 2.45) is 0 Å². The normalized spacial score (nSPS) is 17.7. The summed E-state index contributed by atoms with van der Waals surface area (Å²) in [7, 11) is 2.09. The van der Waals surface area contributed by atoms with Crippen molar-refractivity contribution in [2.75, 3.05) is 20.1 Å². The van der Waals surface area contributed by atoms with Crippen molar-refractivity contribution in [2.45, 2.75) is 25.8 Å². The molecule has 1 saturated heterocycles. The Morgan fingerprint density at radius 2 is 2.06 bits per heavy atom.